The van der Waals surface area contributed by atoms with E-state index in [1.54, 1.807) is 24.3 Å². The molecule has 0 fully saturated rings. The third-order valence-electron chi connectivity index (χ3n) is 5.47. The van der Waals surface area contributed by atoms with Crippen LogP contribution >= 0.6 is 0 Å². The fourth-order valence-corrected chi connectivity index (χ4v) is 3.48. The molecular formula is C27H45O4. The molecule has 0 heterocycles. The zero-order chi connectivity index (χ0) is 22.4. The third-order valence-corrected chi connectivity index (χ3v) is 5.47. The predicted molar refractivity (Wildman–Crippen MR) is 128 cm³/mol. The number of unbranched alkanes of at least 4 members (excludes halogenated alkanes) is 14. The zero-order valence-corrected chi connectivity index (χ0v) is 19.9. The molecule has 177 valence electrons. The quantitative estimate of drug-likeness (QED) is 0.111. The van der Waals surface area contributed by atoms with Crippen LogP contribution in [0.15, 0.2) is 24.3 Å². The third kappa shape index (κ3) is 15.8. The Bertz CT molecular complexity index is 527. The van der Waals surface area contributed by atoms with Gasteiger partial charge in [0.15, 0.2) is 0 Å². The number of rotatable bonds is 21. The Labute approximate surface area is 191 Å². The number of carbonyl (C=O) groups is 1. The van der Waals surface area contributed by atoms with E-state index in [4.69, 9.17) is 14.5 Å². The van der Waals surface area contributed by atoms with Crippen LogP contribution in [-0.2, 0) is 9.78 Å². The first-order chi connectivity index (χ1) is 15.3. The molecule has 1 rings (SSSR count). The van der Waals surface area contributed by atoms with Crippen molar-refractivity contribution in [3.8, 4) is 5.75 Å². The van der Waals surface area contributed by atoms with Crippen LogP contribution in [0.4, 0.5) is 0 Å². The van der Waals surface area contributed by atoms with Gasteiger partial charge in [0.2, 0.25) is 0 Å². The van der Waals surface area contributed by atoms with Crippen molar-refractivity contribution in [3.05, 3.63) is 36.8 Å². The van der Waals surface area contributed by atoms with Crippen molar-refractivity contribution in [1.29, 1.82) is 0 Å². The molecule has 0 aliphatic carbocycles. The molecule has 0 amide bonds. The maximum absolute atomic E-state index is 12.0. The van der Waals surface area contributed by atoms with E-state index in [1.807, 2.05) is 0 Å². The summed E-state index contributed by atoms with van der Waals surface area (Å²) in [5, 5.41) is 0. The molecule has 1 aromatic carbocycles. The molecule has 1 radical (unpaired) electrons. The summed E-state index contributed by atoms with van der Waals surface area (Å²) < 4.78 is 5.69. The predicted octanol–water partition coefficient (Wildman–Crippen LogP) is 8.25. The Morgan fingerprint density at radius 3 is 1.81 bits per heavy atom. The smallest absolute Gasteiger partial charge is 0.373 e. The Balaban J connectivity index is 1.95. The van der Waals surface area contributed by atoms with Gasteiger partial charge in [0.05, 0.1) is 18.8 Å². The monoisotopic (exact) mass is 433 g/mol. The van der Waals surface area contributed by atoms with Crippen molar-refractivity contribution < 1.29 is 19.3 Å². The summed E-state index contributed by atoms with van der Waals surface area (Å²) in [6.07, 6.45) is 19.7. The van der Waals surface area contributed by atoms with Gasteiger partial charge in [-0.2, -0.15) is 4.89 Å². The normalized spacial score (nSPS) is 10.9. The van der Waals surface area contributed by atoms with Crippen LogP contribution in [0.25, 0.3) is 0 Å². The highest BCUT2D eigenvalue weighted by Gasteiger charge is 2.08. The number of carbonyl (C=O) groups excluding carboxylic acids is 1. The molecule has 0 aliphatic rings. The van der Waals surface area contributed by atoms with Gasteiger partial charge in [-0.05, 0) is 37.1 Å². The van der Waals surface area contributed by atoms with Gasteiger partial charge >= 0.3 is 5.97 Å². The molecule has 0 saturated carbocycles. The van der Waals surface area contributed by atoms with Gasteiger partial charge in [-0.3, -0.25) is 4.89 Å². The first-order valence-corrected chi connectivity index (χ1v) is 12.6. The van der Waals surface area contributed by atoms with Crippen molar-refractivity contribution in [2.45, 2.75) is 110 Å². The largest absolute Gasteiger partial charge is 0.494 e. The SMILES string of the molecule is [CH2]CCCCCCCCCCCCCOOC(=O)c1ccc(OCCCCCC)cc1. The van der Waals surface area contributed by atoms with E-state index in [0.717, 1.165) is 31.4 Å². The average molecular weight is 434 g/mol. The lowest BCUT2D eigenvalue weighted by Crippen LogP contribution is -2.07. The lowest BCUT2D eigenvalue weighted by Gasteiger charge is -2.07. The summed E-state index contributed by atoms with van der Waals surface area (Å²) in [5.41, 5.74) is 0.477. The minimum absolute atomic E-state index is 0.454. The van der Waals surface area contributed by atoms with Gasteiger partial charge in [-0.25, -0.2) is 4.79 Å². The first kappa shape index (κ1) is 27.5. The topological polar surface area (TPSA) is 44.8 Å². The molecule has 0 atom stereocenters. The summed E-state index contributed by atoms with van der Waals surface area (Å²) >= 11 is 0. The molecule has 0 aliphatic heterocycles. The van der Waals surface area contributed by atoms with Crippen LogP contribution in [0.5, 0.6) is 5.75 Å². The summed E-state index contributed by atoms with van der Waals surface area (Å²) in [4.78, 5) is 22.0. The molecule has 31 heavy (non-hydrogen) atoms. The first-order valence-electron chi connectivity index (χ1n) is 12.6. The molecule has 0 spiro atoms. The second-order valence-corrected chi connectivity index (χ2v) is 8.37. The minimum atomic E-state index is -0.454. The van der Waals surface area contributed by atoms with E-state index in [9.17, 15) is 4.79 Å². The van der Waals surface area contributed by atoms with Crippen molar-refractivity contribution >= 4 is 5.97 Å². The average Bonchev–Trinajstić information content (AvgIpc) is 2.79. The molecule has 0 saturated heterocycles. The molecule has 1 aromatic rings. The van der Waals surface area contributed by atoms with Crippen molar-refractivity contribution in [2.75, 3.05) is 13.2 Å². The Morgan fingerprint density at radius 1 is 0.710 bits per heavy atom. The zero-order valence-electron chi connectivity index (χ0n) is 19.9. The number of benzene rings is 1. The molecule has 0 aromatic heterocycles. The van der Waals surface area contributed by atoms with Crippen LogP contribution in [0, 0.1) is 6.92 Å². The lowest BCUT2D eigenvalue weighted by atomic mass is 10.1. The van der Waals surface area contributed by atoms with Gasteiger partial charge in [0.1, 0.15) is 5.75 Å². The van der Waals surface area contributed by atoms with Crippen LogP contribution < -0.4 is 4.74 Å². The van der Waals surface area contributed by atoms with Gasteiger partial charge in [0, 0.05) is 0 Å². The van der Waals surface area contributed by atoms with E-state index in [-0.39, 0.29) is 0 Å². The minimum Gasteiger partial charge on any atom is -0.494 e. The number of hydrogen-bond donors (Lipinski definition) is 0. The second-order valence-electron chi connectivity index (χ2n) is 8.37. The van der Waals surface area contributed by atoms with Gasteiger partial charge < -0.3 is 4.74 Å². The van der Waals surface area contributed by atoms with Gasteiger partial charge in [-0.1, -0.05) is 104 Å². The van der Waals surface area contributed by atoms with E-state index >= 15 is 0 Å². The number of ether oxygens (including phenoxy) is 1. The van der Waals surface area contributed by atoms with Crippen LogP contribution in [0.2, 0.25) is 0 Å². The summed E-state index contributed by atoms with van der Waals surface area (Å²) in [7, 11) is 0. The molecule has 0 N–H and O–H groups in total. The van der Waals surface area contributed by atoms with Crippen molar-refractivity contribution in [3.63, 3.8) is 0 Å². The van der Waals surface area contributed by atoms with Crippen LogP contribution in [0.1, 0.15) is 120 Å². The summed E-state index contributed by atoms with van der Waals surface area (Å²) in [5.74, 6) is 0.327. The maximum atomic E-state index is 12.0. The lowest BCUT2D eigenvalue weighted by molar-refractivity contribution is -0.241. The van der Waals surface area contributed by atoms with Crippen LogP contribution in [-0.4, -0.2) is 19.2 Å². The van der Waals surface area contributed by atoms with Gasteiger partial charge in [0.25, 0.3) is 0 Å². The van der Waals surface area contributed by atoms with Crippen LogP contribution in [0.3, 0.4) is 0 Å². The van der Waals surface area contributed by atoms with E-state index in [1.165, 1.54) is 77.0 Å². The highest BCUT2D eigenvalue weighted by Crippen LogP contribution is 2.15. The van der Waals surface area contributed by atoms with Gasteiger partial charge in [-0.15, -0.1) is 0 Å². The fraction of sp³-hybridized carbons (Fsp3) is 0.704. The molecule has 4 nitrogen and oxygen atoms in total. The Hall–Kier alpha value is -1.55. The highest BCUT2D eigenvalue weighted by molar-refractivity contribution is 5.89. The second kappa shape index (κ2) is 20.4. The molecule has 0 unspecified atom stereocenters. The van der Waals surface area contributed by atoms with E-state index in [0.29, 0.717) is 18.8 Å². The number of hydrogen-bond acceptors (Lipinski definition) is 4. The van der Waals surface area contributed by atoms with E-state index < -0.39 is 5.97 Å². The summed E-state index contributed by atoms with van der Waals surface area (Å²) in [6, 6.07) is 7.04. The maximum Gasteiger partial charge on any atom is 0.373 e. The summed E-state index contributed by atoms with van der Waals surface area (Å²) in [6.45, 7) is 7.24. The molecule has 4 heteroatoms. The standard InChI is InChI=1S/C27H45O4/c1-3-5-7-9-10-11-12-13-14-15-16-18-24-30-31-27(28)25-19-21-26(22-20-25)29-23-17-8-6-4-2/h19-22H,1,3-18,23-24H2,2H3. The van der Waals surface area contributed by atoms with Crippen molar-refractivity contribution in [1.82, 2.24) is 0 Å². The van der Waals surface area contributed by atoms with E-state index in [2.05, 4.69) is 13.8 Å². The molecular weight excluding hydrogens is 388 g/mol. The Morgan fingerprint density at radius 2 is 1.23 bits per heavy atom. The molecule has 0 bridgehead atoms. The fourth-order valence-electron chi connectivity index (χ4n) is 3.48. The van der Waals surface area contributed by atoms with Crippen molar-refractivity contribution in [2.24, 2.45) is 0 Å². The Kier molecular flexibility index (Phi) is 18.0. The highest BCUT2D eigenvalue weighted by atomic mass is 17.2.